The SMILES string of the molecule is C=C(NCCO)C1=Cc2cc(CC)ccc2-c2c(C3CCCCC3)c3ccc(C(=O)NSN(C)C)cc3n2C1. The van der Waals surface area contributed by atoms with Crippen LogP contribution in [0.1, 0.15) is 72.0 Å². The molecular formula is C32H40N4O2S. The number of benzene rings is 2. The van der Waals surface area contributed by atoms with Gasteiger partial charge in [-0.25, -0.2) is 4.31 Å². The van der Waals surface area contributed by atoms with E-state index in [2.05, 4.69) is 64.5 Å². The van der Waals surface area contributed by atoms with E-state index in [-0.39, 0.29) is 12.5 Å². The van der Waals surface area contributed by atoms with E-state index in [0.29, 0.717) is 24.6 Å². The zero-order valence-electron chi connectivity index (χ0n) is 23.3. The Bertz CT molecular complexity index is 1420. The maximum atomic E-state index is 13.1. The van der Waals surface area contributed by atoms with Gasteiger partial charge in [-0.3, -0.25) is 9.52 Å². The van der Waals surface area contributed by atoms with Crippen LogP contribution in [0.5, 0.6) is 0 Å². The molecule has 2 heterocycles. The number of aromatic nitrogens is 1. The minimum Gasteiger partial charge on any atom is -0.395 e. The number of aliphatic hydroxyl groups excluding tert-OH is 1. The van der Waals surface area contributed by atoms with Crippen LogP contribution in [0.3, 0.4) is 0 Å². The molecular weight excluding hydrogens is 504 g/mol. The molecule has 2 aromatic carbocycles. The normalized spacial score (nSPS) is 15.5. The van der Waals surface area contributed by atoms with E-state index >= 15 is 0 Å². The van der Waals surface area contributed by atoms with Crippen molar-refractivity contribution in [1.82, 2.24) is 18.9 Å². The third-order valence-corrected chi connectivity index (χ3v) is 8.62. The van der Waals surface area contributed by atoms with Crippen molar-refractivity contribution in [2.45, 2.75) is 57.9 Å². The van der Waals surface area contributed by atoms with Crippen LogP contribution in [-0.2, 0) is 13.0 Å². The molecule has 7 heteroatoms. The number of allylic oxidation sites excluding steroid dienone is 1. The molecule has 2 aliphatic rings. The molecule has 206 valence electrons. The number of aryl methyl sites for hydroxylation is 1. The van der Waals surface area contributed by atoms with E-state index in [1.165, 1.54) is 77.6 Å². The fourth-order valence-corrected chi connectivity index (χ4v) is 6.43. The van der Waals surface area contributed by atoms with Gasteiger partial charge in [0.2, 0.25) is 0 Å². The number of carbonyl (C=O) groups excluding carboxylic acids is 1. The van der Waals surface area contributed by atoms with Crippen LogP contribution >= 0.6 is 12.1 Å². The Morgan fingerprint density at radius 2 is 1.95 bits per heavy atom. The lowest BCUT2D eigenvalue weighted by Crippen LogP contribution is -2.21. The van der Waals surface area contributed by atoms with Crippen molar-refractivity contribution in [2.24, 2.45) is 0 Å². The van der Waals surface area contributed by atoms with E-state index < -0.39 is 0 Å². The Morgan fingerprint density at radius 1 is 1.15 bits per heavy atom. The van der Waals surface area contributed by atoms with Crippen LogP contribution in [-0.4, -0.2) is 47.1 Å². The average molecular weight is 545 g/mol. The van der Waals surface area contributed by atoms with Crippen molar-refractivity contribution in [2.75, 3.05) is 27.2 Å². The van der Waals surface area contributed by atoms with Crippen molar-refractivity contribution in [3.8, 4) is 11.3 Å². The van der Waals surface area contributed by atoms with E-state index in [1.54, 1.807) is 0 Å². The van der Waals surface area contributed by atoms with Crippen LogP contribution in [0.4, 0.5) is 0 Å². The van der Waals surface area contributed by atoms with Crippen molar-refractivity contribution >= 4 is 35.0 Å². The molecule has 1 saturated carbocycles. The molecule has 1 aromatic heterocycles. The van der Waals surface area contributed by atoms with Gasteiger partial charge in [0.1, 0.15) is 0 Å². The van der Waals surface area contributed by atoms with Crippen LogP contribution in [0.2, 0.25) is 0 Å². The first kappa shape index (κ1) is 27.6. The predicted octanol–water partition coefficient (Wildman–Crippen LogP) is 6.27. The minimum atomic E-state index is -0.100. The molecule has 1 amide bonds. The Kier molecular flexibility index (Phi) is 8.50. The van der Waals surface area contributed by atoms with Gasteiger partial charge < -0.3 is 15.0 Å². The molecule has 5 rings (SSSR count). The smallest absolute Gasteiger partial charge is 0.262 e. The highest BCUT2D eigenvalue weighted by Crippen LogP contribution is 2.47. The lowest BCUT2D eigenvalue weighted by atomic mass is 9.81. The molecule has 1 aliphatic carbocycles. The Hall–Kier alpha value is -3.00. The first-order valence-corrected chi connectivity index (χ1v) is 14.9. The molecule has 0 atom stereocenters. The maximum absolute atomic E-state index is 13.1. The minimum absolute atomic E-state index is 0.0514. The summed E-state index contributed by atoms with van der Waals surface area (Å²) in [6, 6.07) is 13.0. The molecule has 1 aliphatic heterocycles. The van der Waals surface area contributed by atoms with Gasteiger partial charge in [-0.1, -0.05) is 57.0 Å². The lowest BCUT2D eigenvalue weighted by molar-refractivity contribution is 0.0983. The summed E-state index contributed by atoms with van der Waals surface area (Å²) in [5, 5.41) is 14.0. The number of amides is 1. The fraction of sp³-hybridized carbons (Fsp3) is 0.406. The van der Waals surface area contributed by atoms with Gasteiger partial charge in [0.05, 0.1) is 18.8 Å². The third-order valence-electron chi connectivity index (χ3n) is 7.98. The standard InChI is InChI=1S/C32H40N4O2S/c1-5-22-11-13-27-25(17-22)18-26(21(2)33-15-16-37)20-36-29-19-24(32(38)34-39-35(3)4)12-14-28(29)30(31(27)36)23-9-7-6-8-10-23/h11-14,17-19,23,33,37H,2,5-10,15-16,20H2,1,3-4H3,(H,34,38). The highest BCUT2D eigenvalue weighted by Gasteiger charge is 2.29. The third kappa shape index (κ3) is 5.67. The van der Waals surface area contributed by atoms with Gasteiger partial charge in [0.15, 0.2) is 0 Å². The van der Waals surface area contributed by atoms with E-state index in [4.69, 9.17) is 0 Å². The number of carbonyl (C=O) groups is 1. The fourth-order valence-electron chi connectivity index (χ4n) is 6.04. The number of nitrogens with one attached hydrogen (secondary N) is 2. The number of hydrogen-bond donors (Lipinski definition) is 3. The molecule has 0 radical (unpaired) electrons. The van der Waals surface area contributed by atoms with Crippen molar-refractivity contribution < 1.29 is 9.90 Å². The highest BCUT2D eigenvalue weighted by molar-refractivity contribution is 7.95. The van der Waals surface area contributed by atoms with Gasteiger partial charge in [-0.2, -0.15) is 0 Å². The van der Waals surface area contributed by atoms with Gasteiger partial charge >= 0.3 is 0 Å². The molecule has 0 saturated heterocycles. The van der Waals surface area contributed by atoms with Crippen molar-refractivity contribution in [3.05, 3.63) is 76.5 Å². The summed E-state index contributed by atoms with van der Waals surface area (Å²) in [6.07, 6.45) is 9.44. The van der Waals surface area contributed by atoms with Crippen molar-refractivity contribution in [3.63, 3.8) is 0 Å². The predicted molar refractivity (Wildman–Crippen MR) is 164 cm³/mol. The summed E-state index contributed by atoms with van der Waals surface area (Å²) in [5.74, 6) is 0.397. The summed E-state index contributed by atoms with van der Waals surface area (Å²) < 4.78 is 7.21. The number of aliphatic hydroxyl groups is 1. The number of nitrogens with zero attached hydrogens (tertiary/aromatic N) is 2. The summed E-state index contributed by atoms with van der Waals surface area (Å²) >= 11 is 1.28. The van der Waals surface area contributed by atoms with Crippen LogP contribution < -0.4 is 10.0 Å². The molecule has 0 bridgehead atoms. The number of fused-ring (bicyclic) bond motifs is 5. The second-order valence-corrected chi connectivity index (χ2v) is 11.9. The van der Waals surface area contributed by atoms with Gasteiger partial charge in [0.25, 0.3) is 5.91 Å². The second-order valence-electron chi connectivity index (χ2n) is 10.8. The molecule has 1 fully saturated rings. The van der Waals surface area contributed by atoms with Gasteiger partial charge in [0, 0.05) is 46.4 Å². The van der Waals surface area contributed by atoms with Crippen LogP contribution in [0, 0.1) is 0 Å². The largest absolute Gasteiger partial charge is 0.395 e. The topological polar surface area (TPSA) is 69.5 Å². The molecule has 6 nitrogen and oxygen atoms in total. The molecule has 3 aromatic rings. The first-order valence-electron chi connectivity index (χ1n) is 14.1. The molecule has 0 spiro atoms. The van der Waals surface area contributed by atoms with Gasteiger partial charge in [-0.05, 0) is 79.7 Å². The summed E-state index contributed by atoms with van der Waals surface area (Å²) in [5.41, 5.74) is 10.1. The zero-order valence-corrected chi connectivity index (χ0v) is 24.2. The number of hydrogen-bond acceptors (Lipinski definition) is 5. The summed E-state index contributed by atoms with van der Waals surface area (Å²) in [6.45, 7) is 7.68. The highest BCUT2D eigenvalue weighted by atomic mass is 32.2. The number of rotatable bonds is 9. The molecule has 0 unspecified atom stereocenters. The monoisotopic (exact) mass is 544 g/mol. The zero-order chi connectivity index (χ0) is 27.5. The van der Waals surface area contributed by atoms with E-state index in [9.17, 15) is 9.90 Å². The van der Waals surface area contributed by atoms with Gasteiger partial charge in [-0.15, -0.1) is 0 Å². The van der Waals surface area contributed by atoms with Crippen LogP contribution in [0.15, 0.2) is 54.2 Å². The van der Waals surface area contributed by atoms with E-state index in [1.807, 2.05) is 24.5 Å². The maximum Gasteiger partial charge on any atom is 0.262 e. The Balaban J connectivity index is 1.73. The Labute approximate surface area is 236 Å². The summed E-state index contributed by atoms with van der Waals surface area (Å²) in [7, 11) is 3.81. The molecule has 39 heavy (non-hydrogen) atoms. The average Bonchev–Trinajstić information content (AvgIpc) is 3.17. The van der Waals surface area contributed by atoms with Crippen molar-refractivity contribution in [1.29, 1.82) is 0 Å². The quantitative estimate of drug-likeness (QED) is 0.277. The Morgan fingerprint density at radius 3 is 2.67 bits per heavy atom. The summed E-state index contributed by atoms with van der Waals surface area (Å²) in [4.78, 5) is 13.1. The second kappa shape index (κ2) is 12.0. The van der Waals surface area contributed by atoms with E-state index in [0.717, 1.165) is 23.2 Å². The molecule has 3 N–H and O–H groups in total. The lowest BCUT2D eigenvalue weighted by Gasteiger charge is -2.24. The first-order chi connectivity index (χ1) is 18.9. The van der Waals surface area contributed by atoms with Crippen LogP contribution in [0.25, 0.3) is 28.2 Å².